The number of anilines is 5. The van der Waals surface area contributed by atoms with Gasteiger partial charge < -0.3 is 14.2 Å². The van der Waals surface area contributed by atoms with Gasteiger partial charge in [0.05, 0.1) is 28.4 Å². The van der Waals surface area contributed by atoms with Crippen LogP contribution in [0.25, 0.3) is 54.6 Å². The van der Waals surface area contributed by atoms with Gasteiger partial charge in [-0.3, -0.25) is 0 Å². The number of furan rings is 1. The standard InChI is InChI=1S/C60H39F3N2O/c1-34-28-31-49(35(2)32-34)64(52-27-13-21-43-42-20-12-24-47(60(61,62)63)57(42)66-58(43)52)53-33-48-55(40-18-6-5-16-38(40)53)54-37-15-4-3-14-36(37)29-30-45(54)59(48)44-22-8-10-26-51(44)65-50-25-9-7-17-39(50)41-19-11-23-46(59)56(41)65/h3-33,41,56H,1-2H3. The van der Waals surface area contributed by atoms with Gasteiger partial charge in [-0.25, -0.2) is 0 Å². The summed E-state index contributed by atoms with van der Waals surface area (Å²) in [5, 5.41) is 5.54. The highest BCUT2D eigenvalue weighted by Gasteiger charge is 2.59. The van der Waals surface area contributed by atoms with Crippen LogP contribution in [0.2, 0.25) is 0 Å². The van der Waals surface area contributed by atoms with E-state index < -0.39 is 17.2 Å². The second kappa shape index (κ2) is 13.1. The van der Waals surface area contributed by atoms with E-state index in [0.717, 1.165) is 39.3 Å². The number of hydrogen-bond donors (Lipinski definition) is 0. The lowest BCUT2D eigenvalue weighted by Crippen LogP contribution is -2.48. The average Bonchev–Trinajstić information content (AvgIpc) is 3.99. The van der Waals surface area contributed by atoms with Gasteiger partial charge in [0.2, 0.25) is 0 Å². The first-order valence-corrected chi connectivity index (χ1v) is 22.6. The summed E-state index contributed by atoms with van der Waals surface area (Å²) >= 11 is 0. The lowest BCUT2D eigenvalue weighted by Gasteiger charge is -2.50. The van der Waals surface area contributed by atoms with Crippen LogP contribution in [0.4, 0.5) is 41.6 Å². The monoisotopic (exact) mass is 860 g/mol. The molecule has 0 amide bonds. The van der Waals surface area contributed by atoms with Gasteiger partial charge in [0.25, 0.3) is 0 Å². The number of alkyl halides is 3. The molecule has 9 aromatic carbocycles. The fourth-order valence-corrected chi connectivity index (χ4v) is 12.5. The third-order valence-electron chi connectivity index (χ3n) is 15.0. The van der Waals surface area contributed by atoms with Crippen molar-refractivity contribution in [1.29, 1.82) is 0 Å². The summed E-state index contributed by atoms with van der Waals surface area (Å²) in [6, 6.07) is 58.8. The molecule has 2 aliphatic carbocycles. The zero-order valence-electron chi connectivity index (χ0n) is 36.0. The maximum Gasteiger partial charge on any atom is 0.420 e. The molecule has 10 aromatic rings. The second-order valence-corrected chi connectivity index (χ2v) is 18.3. The van der Waals surface area contributed by atoms with E-state index in [1.165, 1.54) is 67.2 Å². The molecule has 3 unspecified atom stereocenters. The summed E-state index contributed by atoms with van der Waals surface area (Å²) < 4.78 is 50.6. The van der Waals surface area contributed by atoms with Crippen molar-refractivity contribution in [3.63, 3.8) is 0 Å². The highest BCUT2D eigenvalue weighted by molar-refractivity contribution is 6.18. The van der Waals surface area contributed by atoms with Crippen LogP contribution >= 0.6 is 0 Å². The molecular weight excluding hydrogens is 822 g/mol. The van der Waals surface area contributed by atoms with Crippen LogP contribution in [0.1, 0.15) is 44.9 Å². The zero-order chi connectivity index (χ0) is 44.2. The molecule has 316 valence electrons. The molecule has 4 aliphatic rings. The van der Waals surface area contributed by atoms with Gasteiger partial charge in [-0.1, -0.05) is 157 Å². The van der Waals surface area contributed by atoms with Gasteiger partial charge in [0, 0.05) is 39.1 Å². The zero-order valence-corrected chi connectivity index (χ0v) is 36.0. The Bertz CT molecular complexity index is 3840. The van der Waals surface area contributed by atoms with E-state index in [1.807, 2.05) is 18.2 Å². The van der Waals surface area contributed by atoms with E-state index in [0.29, 0.717) is 22.0 Å². The van der Waals surface area contributed by atoms with Crippen LogP contribution in [0.15, 0.2) is 198 Å². The van der Waals surface area contributed by atoms with Gasteiger partial charge in [0.1, 0.15) is 5.58 Å². The number of halogens is 3. The van der Waals surface area contributed by atoms with Gasteiger partial charge >= 0.3 is 6.18 Å². The maximum absolute atomic E-state index is 14.7. The predicted molar refractivity (Wildman–Crippen MR) is 262 cm³/mol. The molecule has 6 heteroatoms. The maximum atomic E-state index is 14.7. The SMILES string of the molecule is Cc1ccc(N(c2cc3c(c4ccccc24)-c2c(ccc4ccccc24)C32C3=CC=CC4c5ccccc5N(c5ccccc52)C34)c2cccc3c2oc2c(C(F)(F)F)cccc23)c(C)c1. The first-order chi connectivity index (χ1) is 32.2. The number of rotatable bonds is 3. The average molecular weight is 861 g/mol. The van der Waals surface area contributed by atoms with Crippen LogP contribution in [-0.2, 0) is 11.6 Å². The van der Waals surface area contributed by atoms with E-state index in [9.17, 15) is 13.2 Å². The number of benzene rings is 9. The van der Waals surface area contributed by atoms with Crippen molar-refractivity contribution in [2.24, 2.45) is 0 Å². The van der Waals surface area contributed by atoms with Crippen molar-refractivity contribution in [2.75, 3.05) is 9.80 Å². The van der Waals surface area contributed by atoms with Crippen LogP contribution in [-0.4, -0.2) is 6.04 Å². The molecule has 2 aliphatic heterocycles. The minimum atomic E-state index is -4.60. The molecule has 3 heterocycles. The van der Waals surface area contributed by atoms with Crippen molar-refractivity contribution in [3.8, 4) is 11.1 Å². The van der Waals surface area contributed by atoms with E-state index in [4.69, 9.17) is 4.42 Å². The Morgan fingerprint density at radius 2 is 1.26 bits per heavy atom. The number of nitrogens with zero attached hydrogens (tertiary/aromatic N) is 2. The third-order valence-corrected chi connectivity index (χ3v) is 15.0. The number of fused-ring (bicyclic) bond motifs is 19. The molecule has 0 fully saturated rings. The molecule has 3 nitrogen and oxygen atoms in total. The van der Waals surface area contributed by atoms with Crippen molar-refractivity contribution in [2.45, 2.75) is 37.4 Å². The minimum absolute atomic E-state index is 0.0186. The molecule has 14 rings (SSSR count). The number of aryl methyl sites for hydroxylation is 2. The Labute approximate surface area is 379 Å². The van der Waals surface area contributed by atoms with Crippen molar-refractivity contribution in [3.05, 3.63) is 233 Å². The van der Waals surface area contributed by atoms with Crippen LogP contribution in [0.3, 0.4) is 0 Å². The first kappa shape index (κ1) is 37.5. The van der Waals surface area contributed by atoms with Crippen LogP contribution < -0.4 is 9.80 Å². The fraction of sp³-hybridized carbons (Fsp3) is 0.100. The largest absolute Gasteiger partial charge is 0.453 e. The van der Waals surface area contributed by atoms with Crippen molar-refractivity contribution in [1.82, 2.24) is 0 Å². The third kappa shape index (κ3) is 4.73. The summed E-state index contributed by atoms with van der Waals surface area (Å²) in [5.41, 5.74) is 14.5. The van der Waals surface area contributed by atoms with Crippen LogP contribution in [0, 0.1) is 13.8 Å². The molecule has 0 saturated heterocycles. The Balaban J connectivity index is 1.15. The normalized spacial score (nSPS) is 18.7. The molecular formula is C60H39F3N2O. The Hall–Kier alpha value is -7.83. The Kier molecular flexibility index (Phi) is 7.47. The molecule has 3 atom stereocenters. The summed E-state index contributed by atoms with van der Waals surface area (Å²) in [5.74, 6) is 0.137. The predicted octanol–water partition coefficient (Wildman–Crippen LogP) is 16.4. The van der Waals surface area contributed by atoms with E-state index >= 15 is 0 Å². The first-order valence-electron chi connectivity index (χ1n) is 22.6. The number of hydrogen-bond acceptors (Lipinski definition) is 3. The van der Waals surface area contributed by atoms with E-state index in [1.54, 1.807) is 6.07 Å². The topological polar surface area (TPSA) is 19.6 Å². The van der Waals surface area contributed by atoms with Crippen LogP contribution in [0.5, 0.6) is 0 Å². The van der Waals surface area contributed by atoms with Gasteiger partial charge in [-0.15, -0.1) is 0 Å². The Morgan fingerprint density at radius 1 is 0.561 bits per heavy atom. The minimum Gasteiger partial charge on any atom is -0.453 e. The summed E-state index contributed by atoms with van der Waals surface area (Å²) in [7, 11) is 0. The fourth-order valence-electron chi connectivity index (χ4n) is 12.5. The molecule has 0 saturated carbocycles. The summed E-state index contributed by atoms with van der Waals surface area (Å²) in [4.78, 5) is 4.82. The summed E-state index contributed by atoms with van der Waals surface area (Å²) in [6.07, 6.45) is 2.43. The molecule has 66 heavy (non-hydrogen) atoms. The number of para-hydroxylation sites is 4. The van der Waals surface area contributed by atoms with E-state index in [-0.39, 0.29) is 17.5 Å². The highest BCUT2D eigenvalue weighted by Crippen LogP contribution is 2.68. The van der Waals surface area contributed by atoms with Gasteiger partial charge in [0.15, 0.2) is 5.58 Å². The Morgan fingerprint density at radius 3 is 2.09 bits per heavy atom. The molecule has 0 N–H and O–H groups in total. The van der Waals surface area contributed by atoms with Gasteiger partial charge in [-0.2, -0.15) is 13.2 Å². The van der Waals surface area contributed by atoms with Crippen molar-refractivity contribution < 1.29 is 17.6 Å². The molecule has 1 aromatic heterocycles. The quantitative estimate of drug-likeness (QED) is 0.176. The highest BCUT2D eigenvalue weighted by atomic mass is 19.4. The molecule has 0 bridgehead atoms. The summed E-state index contributed by atoms with van der Waals surface area (Å²) in [6.45, 7) is 4.19. The lowest BCUT2D eigenvalue weighted by molar-refractivity contribution is -0.136. The number of allylic oxidation sites excluding steroid dienone is 2. The lowest BCUT2D eigenvalue weighted by atomic mass is 9.60. The van der Waals surface area contributed by atoms with Gasteiger partial charge in [-0.05, 0) is 111 Å². The van der Waals surface area contributed by atoms with E-state index in [2.05, 4.69) is 175 Å². The smallest absolute Gasteiger partial charge is 0.420 e. The van der Waals surface area contributed by atoms with Crippen molar-refractivity contribution >= 4 is 71.9 Å². The molecule has 0 radical (unpaired) electrons. The second-order valence-electron chi connectivity index (χ2n) is 18.3. The molecule has 1 spiro atoms.